The van der Waals surface area contributed by atoms with Crippen LogP contribution in [0.2, 0.25) is 0 Å². The first-order valence-corrected chi connectivity index (χ1v) is 36.6. The molecule has 0 radical (unpaired) electrons. The number of rotatable bonds is 30. The first kappa shape index (κ1) is 86.4. The number of hydrogen-bond acceptors (Lipinski definition) is 18. The van der Waals surface area contributed by atoms with E-state index in [1.807, 2.05) is 18.2 Å². The molecule has 0 spiro atoms. The number of H-pyrrole nitrogens is 2. The van der Waals surface area contributed by atoms with Crippen molar-refractivity contribution in [2.45, 2.75) is 179 Å². The van der Waals surface area contributed by atoms with Crippen LogP contribution in [0.5, 0.6) is 5.75 Å². The standard InChI is InChI=1S/C68H92N14O15S2.C2HF3O2/c1-9-37(7)56(66(94)78-52(68(96)97)27-41-30-71-46-19-15-14-18-44(41)46)82-67(95)57(38(8)10-2)81-63(91)51(29-54(84)85)76-59(87)47(24-35(3)4)73-62(90)50(28-42-31-70-34-72-42)75-64(92)53-33-99-98-32-45(69)58(86)80-55(36(5)6)65(93)77-49(26-40-20-22-43(83)23-21-40)60(88)74-48(61(89)79-53)25-39-16-12-11-13-17-39;3-2(4,5)1(6)7/h11-23,30-31,34-38,45,47-53,55-57,71,83H,9-10,24-29,32-33,69H2,1-8H3,(H,70,72)(H,73,90)(H,74,88)(H,75,92)(H,76,87)(H,77,93)(H,78,94)(H,79,89)(H,80,86)(H,81,91)(H,82,95)(H,84,85)(H,96,97);(H,6,7)/t37-,38-,45-,47-,48-,49-,50-,51-,52-,53-,55-,56-,57-;/m0./s1. The number of imidazole rings is 1. The van der Waals surface area contributed by atoms with Crippen LogP contribution >= 0.6 is 21.6 Å². The highest BCUT2D eigenvalue weighted by Gasteiger charge is 2.41. The summed E-state index contributed by atoms with van der Waals surface area (Å²) in [6.07, 6.45) is -1.86. The van der Waals surface area contributed by atoms with Crippen molar-refractivity contribution in [1.29, 1.82) is 0 Å². The Balaban J connectivity index is 0.00000273. The predicted octanol–water partition coefficient (Wildman–Crippen LogP) is 2.42. The summed E-state index contributed by atoms with van der Waals surface area (Å²) >= 11 is 0. The number of aromatic hydroxyl groups is 1. The first-order chi connectivity index (χ1) is 50.0. The van der Waals surface area contributed by atoms with Crippen molar-refractivity contribution in [3.63, 3.8) is 0 Å². The smallest absolute Gasteiger partial charge is 0.490 e. The minimum absolute atomic E-state index is 0.0520. The molecule has 2 aromatic heterocycles. The normalized spacial score (nSPS) is 19.2. The number of aromatic amines is 2. The number of para-hydroxylation sites is 1. The van der Waals surface area contributed by atoms with E-state index in [0.29, 0.717) is 28.8 Å². The molecule has 10 amide bonds. The van der Waals surface area contributed by atoms with Gasteiger partial charge in [-0.15, -0.1) is 0 Å². The Morgan fingerprint density at radius 1 is 0.594 bits per heavy atom. The molecule has 31 nitrogen and oxygen atoms in total. The Kier molecular flexibility index (Phi) is 33.8. The molecule has 0 saturated carbocycles. The number of halogens is 3. The molecule has 1 fully saturated rings. The van der Waals surface area contributed by atoms with Crippen molar-refractivity contribution in [2.24, 2.45) is 29.4 Å². The zero-order valence-corrected chi connectivity index (χ0v) is 61.2. The molecule has 1 saturated heterocycles. The van der Waals surface area contributed by atoms with Gasteiger partial charge in [0.25, 0.3) is 0 Å². The Morgan fingerprint density at radius 2 is 1.11 bits per heavy atom. The molecule has 6 rings (SSSR count). The molecule has 13 atom stereocenters. The molecule has 106 heavy (non-hydrogen) atoms. The maximum Gasteiger partial charge on any atom is 0.490 e. The van der Waals surface area contributed by atoms with Gasteiger partial charge in [-0.3, -0.25) is 52.7 Å². The van der Waals surface area contributed by atoms with Crippen LogP contribution in [0.15, 0.2) is 97.6 Å². The highest BCUT2D eigenvalue weighted by Crippen LogP contribution is 2.25. The van der Waals surface area contributed by atoms with Gasteiger partial charge in [-0.2, -0.15) is 13.2 Å². The van der Waals surface area contributed by atoms with E-state index in [1.165, 1.54) is 24.7 Å². The van der Waals surface area contributed by atoms with Crippen LogP contribution in [0.3, 0.4) is 0 Å². The van der Waals surface area contributed by atoms with Gasteiger partial charge < -0.3 is 89.3 Å². The van der Waals surface area contributed by atoms with Crippen molar-refractivity contribution in [3.05, 3.63) is 120 Å². The maximum atomic E-state index is 14.9. The summed E-state index contributed by atoms with van der Waals surface area (Å²) in [6.45, 7) is 13.6. The quantitative estimate of drug-likeness (QED) is 0.0294. The van der Waals surface area contributed by atoms with Gasteiger partial charge in [0.05, 0.1) is 18.8 Å². The lowest BCUT2D eigenvalue weighted by Gasteiger charge is -2.31. The number of alkyl halides is 3. The minimum atomic E-state index is -5.08. The number of aromatic nitrogens is 3. The van der Waals surface area contributed by atoms with E-state index >= 15 is 0 Å². The van der Waals surface area contributed by atoms with Crippen molar-refractivity contribution in [1.82, 2.24) is 68.1 Å². The lowest BCUT2D eigenvalue weighted by atomic mass is 9.94. The summed E-state index contributed by atoms with van der Waals surface area (Å²) in [5.41, 5.74) is 9.17. The topological polar surface area (TPSA) is 494 Å². The van der Waals surface area contributed by atoms with Gasteiger partial charge in [-0.05, 0) is 65.0 Å². The number of nitrogens with one attached hydrogen (secondary N) is 12. The number of nitrogens with two attached hydrogens (primary N) is 1. The van der Waals surface area contributed by atoms with Crippen LogP contribution in [0.25, 0.3) is 10.9 Å². The molecule has 3 aromatic carbocycles. The van der Waals surface area contributed by atoms with E-state index in [9.17, 15) is 86.0 Å². The lowest BCUT2D eigenvalue weighted by Crippen LogP contribution is -2.62. The van der Waals surface area contributed by atoms with Crippen molar-refractivity contribution in [2.75, 3.05) is 11.5 Å². The second-order valence-electron chi connectivity index (χ2n) is 26.4. The predicted molar refractivity (Wildman–Crippen MR) is 385 cm³/mol. The fourth-order valence-corrected chi connectivity index (χ4v) is 13.1. The van der Waals surface area contributed by atoms with Crippen molar-refractivity contribution >= 4 is 109 Å². The average Bonchev–Trinajstić information content (AvgIpc) is 1.59. The zero-order chi connectivity index (χ0) is 78.7. The molecule has 1 aliphatic heterocycles. The highest BCUT2D eigenvalue weighted by molar-refractivity contribution is 8.76. The fourth-order valence-electron chi connectivity index (χ4n) is 10.8. The SMILES string of the molecule is CC[C@H](C)[C@H](NC(=O)[C@H](CC(=O)O)NC(=O)[C@H](CC(C)C)NC(=O)[C@H](Cc1cnc[nH]1)NC(=O)[C@@H]1CSSC[C@H](N)C(=O)N[C@@H](C(C)C)C(=O)N[C@@H](Cc2ccc(O)cc2)C(=O)N[C@@H](Cc2ccccc2)C(=O)N1)C(=O)N[C@H](C(=O)N[C@@H](Cc1c[nH]c2ccccc12)C(=O)O)[C@@H](C)CC.O=C(O)C(F)(F)F. The van der Waals surface area contributed by atoms with E-state index in [2.05, 4.69) is 68.1 Å². The lowest BCUT2D eigenvalue weighted by molar-refractivity contribution is -0.192. The van der Waals surface area contributed by atoms with Crippen LogP contribution < -0.4 is 58.9 Å². The summed E-state index contributed by atoms with van der Waals surface area (Å²) in [4.78, 5) is 188. The maximum absolute atomic E-state index is 14.9. The number of hydrogen-bond donors (Lipinski definition) is 17. The Morgan fingerprint density at radius 3 is 1.67 bits per heavy atom. The number of carbonyl (C=O) groups excluding carboxylic acids is 10. The fraction of sp³-hybridized carbons (Fsp3) is 0.486. The van der Waals surface area contributed by atoms with Crippen LogP contribution in [0, 0.1) is 23.7 Å². The van der Waals surface area contributed by atoms with Gasteiger partial charge in [-0.25, -0.2) is 14.6 Å². The van der Waals surface area contributed by atoms with E-state index in [4.69, 9.17) is 15.6 Å². The number of carboxylic acid groups (broad SMARTS) is 3. The second kappa shape index (κ2) is 41.5. The third kappa shape index (κ3) is 27.4. The average molecular weight is 1520 g/mol. The van der Waals surface area contributed by atoms with Crippen LogP contribution in [-0.4, -0.2) is 197 Å². The van der Waals surface area contributed by atoms with Crippen LogP contribution in [-0.2, 0) is 88.0 Å². The summed E-state index contributed by atoms with van der Waals surface area (Å²) in [6, 6.07) is 6.02. The number of amides is 10. The van der Waals surface area contributed by atoms with Crippen LogP contribution in [0.4, 0.5) is 13.2 Å². The molecule has 36 heteroatoms. The summed E-state index contributed by atoms with van der Waals surface area (Å²) < 4.78 is 31.7. The number of phenolic OH excluding ortho intramolecular Hbond substituents is 1. The summed E-state index contributed by atoms with van der Waals surface area (Å²) in [7, 11) is 2.11. The zero-order valence-electron chi connectivity index (χ0n) is 59.5. The van der Waals surface area contributed by atoms with Gasteiger partial charge >= 0.3 is 24.1 Å². The van der Waals surface area contributed by atoms with E-state index in [0.717, 1.165) is 32.5 Å². The molecule has 0 unspecified atom stereocenters. The highest BCUT2D eigenvalue weighted by atomic mass is 33.1. The largest absolute Gasteiger partial charge is 0.508 e. The number of carboxylic acids is 3. The molecule has 18 N–H and O–H groups in total. The van der Waals surface area contributed by atoms with E-state index < -0.39 is 174 Å². The third-order valence-corrected chi connectivity index (χ3v) is 19.7. The van der Waals surface area contributed by atoms with E-state index in [1.54, 1.807) is 110 Å². The molecular weight excluding hydrogens is 1430 g/mol. The molecule has 578 valence electrons. The summed E-state index contributed by atoms with van der Waals surface area (Å²) in [5, 5.41) is 64.9. The molecule has 5 aromatic rings. The Labute approximate surface area is 616 Å². The number of nitrogens with zero attached hydrogens (tertiary/aromatic N) is 1. The molecule has 3 heterocycles. The Bertz CT molecular complexity index is 3830. The molecular formula is C70H93F3N14O17S2. The number of phenols is 1. The van der Waals surface area contributed by atoms with Crippen LogP contribution in [0.1, 0.15) is 103 Å². The number of carbonyl (C=O) groups is 13. The summed E-state index contributed by atoms with van der Waals surface area (Å²) in [5.74, 6) is -16.8. The van der Waals surface area contributed by atoms with Crippen molar-refractivity contribution in [3.8, 4) is 5.75 Å². The number of aliphatic carboxylic acids is 3. The van der Waals surface area contributed by atoms with Gasteiger partial charge in [0.2, 0.25) is 59.1 Å². The molecule has 1 aliphatic rings. The van der Waals surface area contributed by atoms with Gasteiger partial charge in [-0.1, -0.05) is 150 Å². The van der Waals surface area contributed by atoms with Gasteiger partial charge in [0.15, 0.2) is 0 Å². The molecule has 0 bridgehead atoms. The minimum Gasteiger partial charge on any atom is -0.508 e. The third-order valence-electron chi connectivity index (χ3n) is 17.2. The van der Waals surface area contributed by atoms with Gasteiger partial charge in [0.1, 0.15) is 66.2 Å². The van der Waals surface area contributed by atoms with Crippen molar-refractivity contribution < 1.29 is 95.9 Å². The number of fused-ring (bicyclic) bond motifs is 1. The molecule has 0 aliphatic carbocycles. The monoisotopic (exact) mass is 1520 g/mol. The Hall–Kier alpha value is -10.2. The van der Waals surface area contributed by atoms with E-state index in [-0.39, 0.29) is 61.7 Å². The van der Waals surface area contributed by atoms with Gasteiger partial charge in [0, 0.05) is 66.2 Å². The number of benzene rings is 3. The first-order valence-electron chi connectivity index (χ1n) is 34.1. The second-order valence-corrected chi connectivity index (χ2v) is 28.9.